The van der Waals surface area contributed by atoms with E-state index in [2.05, 4.69) is 4.74 Å². The molecule has 1 aromatic carbocycles. The first-order valence-corrected chi connectivity index (χ1v) is 5.77. The molecule has 0 aliphatic heterocycles. The highest BCUT2D eigenvalue weighted by atomic mass is 32.2. The molecule has 0 saturated heterocycles. The third kappa shape index (κ3) is 2.90. The van der Waals surface area contributed by atoms with E-state index in [9.17, 15) is 17.6 Å². The Balaban J connectivity index is 3.09. The van der Waals surface area contributed by atoms with Crippen molar-refractivity contribution in [1.82, 2.24) is 0 Å². The van der Waals surface area contributed by atoms with Gasteiger partial charge in [0.05, 0.1) is 7.11 Å². The van der Waals surface area contributed by atoms with Crippen LogP contribution < -0.4 is 0 Å². The van der Waals surface area contributed by atoms with Crippen LogP contribution in [0.3, 0.4) is 0 Å². The van der Waals surface area contributed by atoms with E-state index >= 15 is 0 Å². The molecular weight excluding hydrogens is 235 g/mol. The van der Waals surface area contributed by atoms with E-state index < -0.39 is 26.5 Å². The number of carbonyl (C=O) groups is 1. The van der Waals surface area contributed by atoms with Gasteiger partial charge in [-0.3, -0.25) is 0 Å². The summed E-state index contributed by atoms with van der Waals surface area (Å²) in [5.41, 5.74) is 0. The lowest BCUT2D eigenvalue weighted by atomic mass is 10.3. The van der Waals surface area contributed by atoms with Crippen molar-refractivity contribution in [1.29, 1.82) is 0 Å². The number of carbonyl (C=O) groups excluding carboxylic acids is 1. The van der Waals surface area contributed by atoms with Gasteiger partial charge in [0.1, 0.15) is 10.7 Å². The van der Waals surface area contributed by atoms with E-state index in [-0.39, 0.29) is 0 Å². The van der Waals surface area contributed by atoms with Gasteiger partial charge in [-0.25, -0.2) is 17.6 Å². The fourth-order valence-corrected chi connectivity index (χ4v) is 2.01. The summed E-state index contributed by atoms with van der Waals surface area (Å²) in [5.74, 6) is -1.68. The molecular formula is C10H9FO4S. The SMILES string of the molecule is COC(=O)/C=C/S(=O)(=O)c1ccccc1F. The van der Waals surface area contributed by atoms with E-state index in [1.807, 2.05) is 0 Å². The van der Waals surface area contributed by atoms with Crippen LogP contribution in [-0.2, 0) is 19.4 Å². The fraction of sp³-hybridized carbons (Fsp3) is 0.100. The smallest absolute Gasteiger partial charge is 0.331 e. The minimum absolute atomic E-state index is 0.477. The first-order chi connectivity index (χ1) is 7.47. The summed E-state index contributed by atoms with van der Waals surface area (Å²) in [6, 6.07) is 4.91. The Bertz CT molecular complexity index is 519. The van der Waals surface area contributed by atoms with Crippen molar-refractivity contribution < 1.29 is 22.3 Å². The standard InChI is InChI=1S/C10H9FO4S/c1-15-10(12)6-7-16(13,14)9-5-3-2-4-8(9)11/h2-7H,1H3/b7-6+. The normalized spacial score (nSPS) is 11.6. The van der Waals surface area contributed by atoms with E-state index in [1.54, 1.807) is 0 Å². The highest BCUT2D eigenvalue weighted by Crippen LogP contribution is 2.15. The van der Waals surface area contributed by atoms with Gasteiger partial charge < -0.3 is 4.74 Å². The van der Waals surface area contributed by atoms with Gasteiger partial charge in [0, 0.05) is 11.5 Å². The molecule has 1 aromatic rings. The number of methoxy groups -OCH3 is 1. The summed E-state index contributed by atoms with van der Waals surface area (Å²) in [7, 11) is -2.84. The predicted molar refractivity (Wildman–Crippen MR) is 54.7 cm³/mol. The van der Waals surface area contributed by atoms with Crippen LogP contribution >= 0.6 is 0 Å². The average Bonchev–Trinajstić information content (AvgIpc) is 2.26. The summed E-state index contributed by atoms with van der Waals surface area (Å²) in [6.45, 7) is 0. The minimum atomic E-state index is -3.95. The van der Waals surface area contributed by atoms with Crippen molar-refractivity contribution in [2.75, 3.05) is 7.11 Å². The Morgan fingerprint density at radius 3 is 2.56 bits per heavy atom. The lowest BCUT2D eigenvalue weighted by Gasteiger charge is -1.99. The molecule has 0 N–H and O–H groups in total. The minimum Gasteiger partial charge on any atom is -0.466 e. The first-order valence-electron chi connectivity index (χ1n) is 4.23. The lowest BCUT2D eigenvalue weighted by molar-refractivity contribution is -0.134. The monoisotopic (exact) mass is 244 g/mol. The van der Waals surface area contributed by atoms with Crippen LogP contribution in [0.1, 0.15) is 0 Å². The molecule has 6 heteroatoms. The quantitative estimate of drug-likeness (QED) is 0.593. The topological polar surface area (TPSA) is 60.4 Å². The number of sulfone groups is 1. The second kappa shape index (κ2) is 4.89. The Labute approximate surface area is 92.3 Å². The molecule has 86 valence electrons. The number of hydrogen-bond donors (Lipinski definition) is 0. The predicted octanol–water partition coefficient (Wildman–Crippen LogP) is 1.29. The van der Waals surface area contributed by atoms with Crippen LogP contribution in [0.2, 0.25) is 0 Å². The number of benzene rings is 1. The maximum atomic E-state index is 13.2. The van der Waals surface area contributed by atoms with E-state index in [4.69, 9.17) is 0 Å². The summed E-state index contributed by atoms with van der Waals surface area (Å²) in [4.78, 5) is 10.2. The zero-order valence-electron chi connectivity index (χ0n) is 8.38. The lowest BCUT2D eigenvalue weighted by Crippen LogP contribution is -2.02. The molecule has 0 bridgehead atoms. The third-order valence-corrected chi connectivity index (χ3v) is 3.17. The summed E-state index contributed by atoms with van der Waals surface area (Å²) in [5, 5.41) is 0.608. The molecule has 0 aromatic heterocycles. The van der Waals surface area contributed by atoms with E-state index in [0.29, 0.717) is 5.41 Å². The number of rotatable bonds is 3. The molecule has 0 atom stereocenters. The number of halogens is 1. The van der Waals surface area contributed by atoms with Gasteiger partial charge in [0.15, 0.2) is 0 Å². The molecule has 0 fully saturated rings. The Morgan fingerprint density at radius 1 is 1.38 bits per heavy atom. The van der Waals surface area contributed by atoms with Gasteiger partial charge in [0.25, 0.3) is 0 Å². The number of esters is 1. The molecule has 1 rings (SSSR count). The zero-order valence-corrected chi connectivity index (χ0v) is 9.20. The average molecular weight is 244 g/mol. The summed E-state index contributed by atoms with van der Waals surface area (Å²) in [6.07, 6.45) is 0.724. The molecule has 16 heavy (non-hydrogen) atoms. The highest BCUT2D eigenvalue weighted by Gasteiger charge is 2.15. The largest absolute Gasteiger partial charge is 0.466 e. The molecule has 4 nitrogen and oxygen atoms in total. The Kier molecular flexibility index (Phi) is 3.78. The zero-order chi connectivity index (χ0) is 12.2. The van der Waals surface area contributed by atoms with Crippen LogP contribution in [0.4, 0.5) is 4.39 Å². The highest BCUT2D eigenvalue weighted by molar-refractivity contribution is 7.94. The van der Waals surface area contributed by atoms with Crippen LogP contribution in [0.25, 0.3) is 0 Å². The Hall–Kier alpha value is -1.69. The van der Waals surface area contributed by atoms with Crippen molar-refractivity contribution in [3.63, 3.8) is 0 Å². The molecule has 0 radical (unpaired) electrons. The van der Waals surface area contributed by atoms with Crippen LogP contribution in [0.15, 0.2) is 40.6 Å². The maximum absolute atomic E-state index is 13.2. The summed E-state index contributed by atoms with van der Waals surface area (Å²) >= 11 is 0. The van der Waals surface area contributed by atoms with Crippen molar-refractivity contribution in [3.8, 4) is 0 Å². The molecule has 0 saturated carbocycles. The fourth-order valence-electron chi connectivity index (χ4n) is 0.962. The van der Waals surface area contributed by atoms with Gasteiger partial charge in [-0.1, -0.05) is 12.1 Å². The van der Waals surface area contributed by atoms with Crippen LogP contribution in [0.5, 0.6) is 0 Å². The van der Waals surface area contributed by atoms with Crippen molar-refractivity contribution in [2.24, 2.45) is 0 Å². The molecule has 0 heterocycles. The number of hydrogen-bond acceptors (Lipinski definition) is 4. The van der Waals surface area contributed by atoms with Gasteiger partial charge in [-0.05, 0) is 12.1 Å². The van der Waals surface area contributed by atoms with Crippen LogP contribution in [0, 0.1) is 5.82 Å². The van der Waals surface area contributed by atoms with E-state index in [1.165, 1.54) is 12.1 Å². The molecule has 0 amide bonds. The second-order valence-electron chi connectivity index (χ2n) is 2.80. The molecule has 0 unspecified atom stereocenters. The van der Waals surface area contributed by atoms with Gasteiger partial charge in [-0.2, -0.15) is 0 Å². The van der Waals surface area contributed by atoms with Gasteiger partial charge >= 0.3 is 5.97 Å². The maximum Gasteiger partial charge on any atom is 0.331 e. The van der Waals surface area contributed by atoms with Crippen molar-refractivity contribution in [2.45, 2.75) is 4.90 Å². The molecule has 0 spiro atoms. The van der Waals surface area contributed by atoms with Crippen LogP contribution in [-0.4, -0.2) is 21.5 Å². The van der Waals surface area contributed by atoms with Gasteiger partial charge in [-0.15, -0.1) is 0 Å². The van der Waals surface area contributed by atoms with Crippen molar-refractivity contribution in [3.05, 3.63) is 41.6 Å². The van der Waals surface area contributed by atoms with Gasteiger partial charge in [0.2, 0.25) is 9.84 Å². The third-order valence-electron chi connectivity index (χ3n) is 1.73. The van der Waals surface area contributed by atoms with Crippen molar-refractivity contribution >= 4 is 15.8 Å². The number of ether oxygens (including phenoxy) is 1. The summed E-state index contributed by atoms with van der Waals surface area (Å²) < 4.78 is 40.5. The molecule has 0 aliphatic rings. The second-order valence-corrected chi connectivity index (χ2v) is 4.60. The first kappa shape index (κ1) is 12.4. The molecule has 0 aliphatic carbocycles. The Morgan fingerprint density at radius 2 is 2.00 bits per heavy atom. The van der Waals surface area contributed by atoms with E-state index in [0.717, 1.165) is 25.3 Å².